The summed E-state index contributed by atoms with van der Waals surface area (Å²) in [7, 11) is 0. The number of carbonyl (C=O) groups excluding carboxylic acids is 2. The summed E-state index contributed by atoms with van der Waals surface area (Å²) in [5.74, 6) is -1.59. The molecule has 1 N–H and O–H groups in total. The molecule has 0 radical (unpaired) electrons. The van der Waals surface area contributed by atoms with E-state index in [9.17, 15) is 14.7 Å². The number of amides is 1. The average Bonchev–Trinajstić information content (AvgIpc) is 3.00. The normalized spacial score (nSPS) is 18.3. The van der Waals surface area contributed by atoms with Crippen LogP contribution in [0.5, 0.6) is 0 Å². The van der Waals surface area contributed by atoms with Crippen molar-refractivity contribution in [2.75, 3.05) is 4.90 Å². The van der Waals surface area contributed by atoms with Crippen molar-refractivity contribution in [2.24, 2.45) is 0 Å². The quantitative estimate of drug-likeness (QED) is 0.368. The molecule has 1 saturated heterocycles. The number of hydrogen-bond donors (Lipinski definition) is 1. The first-order chi connectivity index (χ1) is 14.0. The SMILES string of the molecule is Cc1ccc(N2C(=O)C(=O)/C(=C(/O)c3ccccc3)C2c2ccc(Cl)cc2)cc1. The predicted molar refractivity (Wildman–Crippen MR) is 114 cm³/mol. The molecule has 144 valence electrons. The van der Waals surface area contributed by atoms with E-state index in [2.05, 4.69) is 0 Å². The maximum Gasteiger partial charge on any atom is 0.300 e. The number of halogens is 1. The maximum atomic E-state index is 13.0. The van der Waals surface area contributed by atoms with Gasteiger partial charge in [-0.1, -0.05) is 71.8 Å². The molecule has 3 aromatic rings. The summed E-state index contributed by atoms with van der Waals surface area (Å²) in [5.41, 5.74) is 2.85. The highest BCUT2D eigenvalue weighted by atomic mass is 35.5. The number of Topliss-reactive ketones (excluding diaryl/α,β-unsaturated/α-hetero) is 1. The molecule has 0 aromatic heterocycles. The molecule has 0 aliphatic carbocycles. The number of aryl methyl sites for hydroxylation is 1. The van der Waals surface area contributed by atoms with Gasteiger partial charge in [0.1, 0.15) is 5.76 Å². The van der Waals surface area contributed by atoms with Crippen LogP contribution in [0.4, 0.5) is 5.69 Å². The van der Waals surface area contributed by atoms with Gasteiger partial charge in [0.2, 0.25) is 0 Å². The highest BCUT2D eigenvalue weighted by Crippen LogP contribution is 2.42. The Labute approximate surface area is 173 Å². The number of aliphatic hydroxyl groups is 1. The molecular weight excluding hydrogens is 386 g/mol. The highest BCUT2D eigenvalue weighted by molar-refractivity contribution is 6.51. The van der Waals surface area contributed by atoms with E-state index in [0.717, 1.165) is 5.56 Å². The number of nitrogens with zero attached hydrogens (tertiary/aromatic N) is 1. The van der Waals surface area contributed by atoms with E-state index in [1.807, 2.05) is 25.1 Å². The number of hydrogen-bond acceptors (Lipinski definition) is 3. The molecule has 0 spiro atoms. The van der Waals surface area contributed by atoms with Crippen molar-refractivity contribution < 1.29 is 14.7 Å². The molecular formula is C24H18ClNO3. The van der Waals surface area contributed by atoms with Gasteiger partial charge in [-0.15, -0.1) is 0 Å². The largest absolute Gasteiger partial charge is 0.507 e. The van der Waals surface area contributed by atoms with Crippen molar-refractivity contribution in [3.8, 4) is 0 Å². The van der Waals surface area contributed by atoms with Crippen molar-refractivity contribution in [2.45, 2.75) is 13.0 Å². The second-order valence-corrected chi connectivity index (χ2v) is 7.36. The van der Waals surface area contributed by atoms with Crippen molar-refractivity contribution in [3.63, 3.8) is 0 Å². The second-order valence-electron chi connectivity index (χ2n) is 6.92. The summed E-state index contributed by atoms with van der Waals surface area (Å²) in [6.45, 7) is 1.95. The van der Waals surface area contributed by atoms with Crippen LogP contribution in [0.15, 0.2) is 84.4 Å². The molecule has 0 saturated carbocycles. The Balaban J connectivity index is 1.94. The van der Waals surface area contributed by atoms with Crippen LogP contribution in [0, 0.1) is 6.92 Å². The summed E-state index contributed by atoms with van der Waals surface area (Å²) in [6, 6.07) is 22.3. The summed E-state index contributed by atoms with van der Waals surface area (Å²) in [6.07, 6.45) is 0. The predicted octanol–water partition coefficient (Wildman–Crippen LogP) is 5.27. The molecule has 0 bridgehead atoms. The van der Waals surface area contributed by atoms with E-state index in [4.69, 9.17) is 11.6 Å². The van der Waals surface area contributed by atoms with E-state index in [0.29, 0.717) is 21.8 Å². The lowest BCUT2D eigenvalue weighted by Crippen LogP contribution is -2.29. The van der Waals surface area contributed by atoms with Gasteiger partial charge in [-0.25, -0.2) is 0 Å². The molecule has 1 unspecified atom stereocenters. The Hall–Kier alpha value is -3.37. The van der Waals surface area contributed by atoms with Crippen LogP contribution in [0.2, 0.25) is 5.02 Å². The molecule has 4 nitrogen and oxygen atoms in total. The van der Waals surface area contributed by atoms with Gasteiger partial charge in [0.05, 0.1) is 11.6 Å². The second kappa shape index (κ2) is 7.57. The molecule has 1 atom stereocenters. The highest BCUT2D eigenvalue weighted by Gasteiger charge is 2.46. The van der Waals surface area contributed by atoms with Gasteiger partial charge in [-0.2, -0.15) is 0 Å². The summed E-state index contributed by atoms with van der Waals surface area (Å²) < 4.78 is 0. The monoisotopic (exact) mass is 403 g/mol. The average molecular weight is 404 g/mol. The minimum atomic E-state index is -0.754. The fraction of sp³-hybridized carbons (Fsp3) is 0.0833. The van der Waals surface area contributed by atoms with Crippen LogP contribution in [0.3, 0.4) is 0 Å². The lowest BCUT2D eigenvalue weighted by atomic mass is 9.95. The van der Waals surface area contributed by atoms with Gasteiger partial charge in [-0.05, 0) is 36.8 Å². The molecule has 29 heavy (non-hydrogen) atoms. The van der Waals surface area contributed by atoms with Crippen molar-refractivity contribution in [1.82, 2.24) is 0 Å². The minimum Gasteiger partial charge on any atom is -0.507 e. The fourth-order valence-corrected chi connectivity index (χ4v) is 3.64. The van der Waals surface area contributed by atoms with Crippen molar-refractivity contribution in [1.29, 1.82) is 0 Å². The number of rotatable bonds is 3. The number of benzene rings is 3. The van der Waals surface area contributed by atoms with E-state index < -0.39 is 17.7 Å². The van der Waals surface area contributed by atoms with Crippen LogP contribution in [-0.4, -0.2) is 16.8 Å². The minimum absolute atomic E-state index is 0.0593. The fourth-order valence-electron chi connectivity index (χ4n) is 3.52. The van der Waals surface area contributed by atoms with Crippen molar-refractivity contribution >= 4 is 34.7 Å². The first kappa shape index (κ1) is 19.0. The summed E-state index contributed by atoms with van der Waals surface area (Å²) in [4.78, 5) is 27.4. The van der Waals surface area contributed by atoms with Gasteiger partial charge in [-0.3, -0.25) is 14.5 Å². The third-order valence-corrected chi connectivity index (χ3v) is 5.24. The number of carbonyl (C=O) groups is 2. The first-order valence-corrected chi connectivity index (χ1v) is 9.53. The third kappa shape index (κ3) is 3.43. The van der Waals surface area contributed by atoms with Crippen molar-refractivity contribution in [3.05, 3.63) is 106 Å². The molecule has 4 rings (SSSR count). The number of aliphatic hydroxyl groups excluding tert-OH is 1. The van der Waals surface area contributed by atoms with E-state index in [-0.39, 0.29) is 11.3 Å². The summed E-state index contributed by atoms with van der Waals surface area (Å²) >= 11 is 6.03. The van der Waals surface area contributed by atoms with Crippen LogP contribution in [0.1, 0.15) is 22.7 Å². The Kier molecular flexibility index (Phi) is 4.95. The van der Waals surface area contributed by atoms with Crippen LogP contribution < -0.4 is 4.90 Å². The van der Waals surface area contributed by atoms with Crippen LogP contribution in [0.25, 0.3) is 5.76 Å². The number of ketones is 1. The molecule has 1 fully saturated rings. The number of anilines is 1. The molecule has 1 aliphatic heterocycles. The summed E-state index contributed by atoms with van der Waals surface area (Å²) in [5, 5.41) is 11.5. The third-order valence-electron chi connectivity index (χ3n) is 4.99. The molecule has 3 aromatic carbocycles. The zero-order valence-corrected chi connectivity index (χ0v) is 16.4. The van der Waals surface area contributed by atoms with Gasteiger partial charge in [0.15, 0.2) is 0 Å². The Morgan fingerprint density at radius 1 is 0.897 bits per heavy atom. The van der Waals surface area contributed by atoms with E-state index >= 15 is 0 Å². The maximum absolute atomic E-state index is 13.0. The molecule has 5 heteroatoms. The lowest BCUT2D eigenvalue weighted by Gasteiger charge is -2.25. The Bertz CT molecular complexity index is 1100. The topological polar surface area (TPSA) is 57.6 Å². The standard InChI is InChI=1S/C24H18ClNO3/c1-15-7-13-19(14-8-15)26-21(16-9-11-18(25)12-10-16)20(23(28)24(26)29)22(27)17-5-3-2-4-6-17/h2-14,21,27H,1H3/b22-20+. The van der Waals surface area contributed by atoms with Gasteiger partial charge in [0, 0.05) is 16.3 Å². The first-order valence-electron chi connectivity index (χ1n) is 9.16. The molecule has 1 amide bonds. The molecule has 1 heterocycles. The zero-order valence-electron chi connectivity index (χ0n) is 15.7. The Morgan fingerprint density at radius 3 is 2.14 bits per heavy atom. The molecule has 1 aliphatic rings. The van der Waals surface area contributed by atoms with E-state index in [1.165, 1.54) is 4.90 Å². The zero-order chi connectivity index (χ0) is 20.5. The van der Waals surface area contributed by atoms with Gasteiger partial charge < -0.3 is 5.11 Å². The lowest BCUT2D eigenvalue weighted by molar-refractivity contribution is -0.132. The van der Waals surface area contributed by atoms with Crippen LogP contribution in [-0.2, 0) is 9.59 Å². The smallest absolute Gasteiger partial charge is 0.300 e. The Morgan fingerprint density at radius 2 is 1.52 bits per heavy atom. The van der Waals surface area contributed by atoms with Gasteiger partial charge >= 0.3 is 0 Å². The van der Waals surface area contributed by atoms with Gasteiger partial charge in [0.25, 0.3) is 11.7 Å². The van der Waals surface area contributed by atoms with Crippen LogP contribution >= 0.6 is 11.6 Å². The van der Waals surface area contributed by atoms with E-state index in [1.54, 1.807) is 60.7 Å².